The van der Waals surface area contributed by atoms with Gasteiger partial charge in [-0.1, -0.05) is 11.6 Å². The summed E-state index contributed by atoms with van der Waals surface area (Å²) >= 11 is 7.23. The molecule has 4 rings (SSSR count). The molecule has 1 saturated heterocycles. The number of thiophene rings is 1. The van der Waals surface area contributed by atoms with Gasteiger partial charge < -0.3 is 19.9 Å². The molecule has 1 aromatic carbocycles. The van der Waals surface area contributed by atoms with Crippen molar-refractivity contribution in [1.82, 2.24) is 9.88 Å². The zero-order chi connectivity index (χ0) is 20.4. The van der Waals surface area contributed by atoms with Crippen LogP contribution < -0.4 is 15.0 Å². The summed E-state index contributed by atoms with van der Waals surface area (Å²) in [5.41, 5.74) is 2.80. The molecule has 8 heteroatoms. The Morgan fingerprint density at radius 1 is 1.24 bits per heavy atom. The van der Waals surface area contributed by atoms with Gasteiger partial charge in [0.1, 0.15) is 5.82 Å². The van der Waals surface area contributed by atoms with Crippen LogP contribution in [0.15, 0.2) is 35.7 Å². The molecule has 1 N–H and O–H groups in total. The second kappa shape index (κ2) is 8.57. The first-order valence-electron chi connectivity index (χ1n) is 9.49. The SMILES string of the molecule is Cc1cc(N2CCN(C)CC2)nc2ccc(NC(=O)COc3cc(Cl)cs3)cc12. The van der Waals surface area contributed by atoms with Crippen LogP contribution in [0.3, 0.4) is 0 Å². The van der Waals surface area contributed by atoms with Gasteiger partial charge in [-0.2, -0.15) is 0 Å². The van der Waals surface area contributed by atoms with E-state index in [4.69, 9.17) is 21.3 Å². The van der Waals surface area contributed by atoms with E-state index in [9.17, 15) is 4.79 Å². The van der Waals surface area contributed by atoms with E-state index in [1.165, 1.54) is 11.3 Å². The fraction of sp³-hybridized carbons (Fsp3) is 0.333. The maximum atomic E-state index is 12.2. The summed E-state index contributed by atoms with van der Waals surface area (Å²) in [7, 11) is 2.15. The van der Waals surface area contributed by atoms with E-state index in [0.717, 1.165) is 54.2 Å². The van der Waals surface area contributed by atoms with Gasteiger partial charge in [-0.3, -0.25) is 4.79 Å². The van der Waals surface area contributed by atoms with Crippen molar-refractivity contribution < 1.29 is 9.53 Å². The standard InChI is InChI=1S/C21H23ClN4O2S/c1-14-9-19(26-7-5-25(2)6-8-26)24-18-4-3-16(11-17(14)18)23-20(27)12-28-21-10-15(22)13-29-21/h3-4,9-11,13H,5-8,12H2,1-2H3,(H,23,27). The molecule has 2 aromatic heterocycles. The number of ether oxygens (including phenoxy) is 1. The number of rotatable bonds is 5. The molecule has 3 aromatic rings. The smallest absolute Gasteiger partial charge is 0.262 e. The van der Waals surface area contributed by atoms with Crippen LogP contribution in [0.2, 0.25) is 5.02 Å². The van der Waals surface area contributed by atoms with Gasteiger partial charge in [-0.15, -0.1) is 11.3 Å². The van der Waals surface area contributed by atoms with Crippen LogP contribution >= 0.6 is 22.9 Å². The number of halogens is 1. The topological polar surface area (TPSA) is 57.7 Å². The van der Waals surface area contributed by atoms with E-state index in [1.54, 1.807) is 11.4 Å². The van der Waals surface area contributed by atoms with Crippen LogP contribution in [0.5, 0.6) is 5.06 Å². The Labute approximate surface area is 179 Å². The number of amides is 1. The van der Waals surface area contributed by atoms with Gasteiger partial charge in [-0.25, -0.2) is 4.98 Å². The van der Waals surface area contributed by atoms with Gasteiger partial charge in [0.15, 0.2) is 11.7 Å². The number of likely N-dealkylation sites (N-methyl/N-ethyl adjacent to an activating group) is 1. The number of piperazine rings is 1. The maximum Gasteiger partial charge on any atom is 0.262 e. The van der Waals surface area contributed by atoms with Crippen LogP contribution in [0, 0.1) is 6.92 Å². The summed E-state index contributed by atoms with van der Waals surface area (Å²) in [5, 5.41) is 6.92. The molecule has 1 aliphatic rings. The fourth-order valence-electron chi connectivity index (χ4n) is 3.36. The average molecular weight is 431 g/mol. The van der Waals surface area contributed by atoms with Crippen molar-refractivity contribution in [2.45, 2.75) is 6.92 Å². The average Bonchev–Trinajstić information content (AvgIpc) is 3.12. The molecule has 1 aliphatic heterocycles. The second-order valence-electron chi connectivity index (χ2n) is 7.24. The number of hydrogen-bond donors (Lipinski definition) is 1. The van der Waals surface area contributed by atoms with E-state index >= 15 is 0 Å². The molecule has 0 atom stereocenters. The van der Waals surface area contributed by atoms with Crippen molar-refractivity contribution >= 4 is 51.3 Å². The number of nitrogens with one attached hydrogen (secondary N) is 1. The highest BCUT2D eigenvalue weighted by Crippen LogP contribution is 2.27. The summed E-state index contributed by atoms with van der Waals surface area (Å²) in [6.07, 6.45) is 0. The van der Waals surface area contributed by atoms with Crippen LogP contribution in [0.1, 0.15) is 5.56 Å². The lowest BCUT2D eigenvalue weighted by Crippen LogP contribution is -2.44. The summed E-state index contributed by atoms with van der Waals surface area (Å²) in [6.45, 7) is 6.08. The molecule has 1 amide bonds. The Morgan fingerprint density at radius 2 is 2.03 bits per heavy atom. The lowest BCUT2D eigenvalue weighted by atomic mass is 10.1. The van der Waals surface area contributed by atoms with E-state index < -0.39 is 0 Å². The van der Waals surface area contributed by atoms with Crippen LogP contribution in [0.4, 0.5) is 11.5 Å². The normalized spacial score (nSPS) is 14.9. The van der Waals surface area contributed by atoms with E-state index in [1.807, 2.05) is 18.2 Å². The predicted octanol–water partition coefficient (Wildman–Crippen LogP) is 4.03. The van der Waals surface area contributed by atoms with Gasteiger partial charge in [0.05, 0.1) is 10.5 Å². The molecular weight excluding hydrogens is 408 g/mol. The largest absolute Gasteiger partial charge is 0.474 e. The predicted molar refractivity (Wildman–Crippen MR) is 120 cm³/mol. The number of nitrogens with zero attached hydrogens (tertiary/aromatic N) is 3. The van der Waals surface area contributed by atoms with E-state index in [2.05, 4.69) is 35.2 Å². The van der Waals surface area contributed by atoms with Gasteiger partial charge in [0, 0.05) is 48.7 Å². The van der Waals surface area contributed by atoms with Crippen LogP contribution in [-0.4, -0.2) is 55.6 Å². The number of benzene rings is 1. The Kier molecular flexibility index (Phi) is 5.89. The molecular formula is C21H23ClN4O2S. The number of aryl methyl sites for hydroxylation is 1. The fourth-order valence-corrected chi connectivity index (χ4v) is 4.27. The summed E-state index contributed by atoms with van der Waals surface area (Å²) in [5.74, 6) is 0.802. The van der Waals surface area contributed by atoms with Crippen LogP contribution in [-0.2, 0) is 4.79 Å². The first-order valence-corrected chi connectivity index (χ1v) is 10.8. The zero-order valence-corrected chi connectivity index (χ0v) is 18.0. The molecule has 29 heavy (non-hydrogen) atoms. The van der Waals surface area contributed by atoms with Crippen molar-refractivity contribution in [2.75, 3.05) is 50.1 Å². The molecule has 0 unspecified atom stereocenters. The Bertz CT molecular complexity index is 1030. The highest BCUT2D eigenvalue weighted by atomic mass is 35.5. The lowest BCUT2D eigenvalue weighted by molar-refractivity contribution is -0.118. The summed E-state index contributed by atoms with van der Waals surface area (Å²) in [6, 6.07) is 9.62. The Morgan fingerprint density at radius 3 is 2.76 bits per heavy atom. The quantitative estimate of drug-likeness (QED) is 0.662. The Balaban J connectivity index is 1.45. The summed E-state index contributed by atoms with van der Waals surface area (Å²) in [4.78, 5) is 21.7. The first kappa shape index (κ1) is 19.9. The van der Waals surface area contributed by atoms with Crippen molar-refractivity contribution in [2.24, 2.45) is 0 Å². The lowest BCUT2D eigenvalue weighted by Gasteiger charge is -2.33. The third kappa shape index (κ3) is 4.80. The number of fused-ring (bicyclic) bond motifs is 1. The maximum absolute atomic E-state index is 12.2. The number of aromatic nitrogens is 1. The Hall–Kier alpha value is -2.35. The van der Waals surface area contributed by atoms with Gasteiger partial charge in [0.2, 0.25) is 0 Å². The van der Waals surface area contributed by atoms with E-state index in [0.29, 0.717) is 10.1 Å². The zero-order valence-electron chi connectivity index (χ0n) is 16.4. The highest BCUT2D eigenvalue weighted by molar-refractivity contribution is 7.12. The molecule has 3 heterocycles. The third-order valence-electron chi connectivity index (χ3n) is 5.00. The number of anilines is 2. The molecule has 152 valence electrons. The highest BCUT2D eigenvalue weighted by Gasteiger charge is 2.16. The summed E-state index contributed by atoms with van der Waals surface area (Å²) < 4.78 is 5.46. The molecule has 0 bridgehead atoms. The van der Waals surface area contributed by atoms with Gasteiger partial charge in [-0.05, 0) is 43.8 Å². The number of carbonyl (C=O) groups is 1. The van der Waals surface area contributed by atoms with Crippen molar-refractivity contribution in [1.29, 1.82) is 0 Å². The van der Waals surface area contributed by atoms with Crippen LogP contribution in [0.25, 0.3) is 10.9 Å². The minimum atomic E-state index is -0.214. The second-order valence-corrected chi connectivity index (χ2v) is 8.55. The number of pyridine rings is 1. The van der Waals surface area contributed by atoms with Crippen molar-refractivity contribution in [3.8, 4) is 5.06 Å². The number of hydrogen-bond acceptors (Lipinski definition) is 6. The van der Waals surface area contributed by atoms with Crippen molar-refractivity contribution in [3.05, 3.63) is 46.3 Å². The monoisotopic (exact) mass is 430 g/mol. The minimum Gasteiger partial charge on any atom is -0.474 e. The molecule has 6 nitrogen and oxygen atoms in total. The molecule has 0 spiro atoms. The molecule has 0 saturated carbocycles. The van der Waals surface area contributed by atoms with E-state index in [-0.39, 0.29) is 12.5 Å². The molecule has 0 aliphatic carbocycles. The van der Waals surface area contributed by atoms with Gasteiger partial charge in [0.25, 0.3) is 5.91 Å². The minimum absolute atomic E-state index is 0.0611. The van der Waals surface area contributed by atoms with Crippen molar-refractivity contribution in [3.63, 3.8) is 0 Å². The van der Waals surface area contributed by atoms with Gasteiger partial charge >= 0.3 is 0 Å². The molecule has 1 fully saturated rings. The third-order valence-corrected chi connectivity index (χ3v) is 6.19. The first-order chi connectivity index (χ1) is 14.0. The molecule has 0 radical (unpaired) electrons. The number of carbonyl (C=O) groups excluding carboxylic acids is 1.